The molecule has 2 rings (SSSR count). The van der Waals surface area contributed by atoms with Crippen molar-refractivity contribution in [2.75, 3.05) is 0 Å². The monoisotopic (exact) mass is 202 g/mol. The Hall–Kier alpha value is -1.57. The number of carbonyl (C=O) groups excluding carboxylic acids is 1. The van der Waals surface area contributed by atoms with Crippen LogP contribution in [-0.4, -0.2) is 10.9 Å². The number of hydrogen-bond donors (Lipinski definition) is 1. The maximum absolute atomic E-state index is 11.6. The van der Waals surface area contributed by atoms with Gasteiger partial charge in [-0.05, 0) is 5.56 Å². The lowest BCUT2D eigenvalue weighted by Crippen LogP contribution is -2.00. The summed E-state index contributed by atoms with van der Waals surface area (Å²) in [6.45, 7) is 1.88. The first-order valence-corrected chi connectivity index (χ1v) is 5.17. The first-order valence-electron chi connectivity index (χ1n) is 5.17. The van der Waals surface area contributed by atoms with Gasteiger partial charge in [-0.2, -0.15) is 0 Å². The Bertz CT molecular complexity index is 404. The number of aliphatic hydroxyl groups is 1. The van der Waals surface area contributed by atoms with Crippen LogP contribution < -0.4 is 0 Å². The average Bonchev–Trinajstić information content (AvgIpc) is 2.47. The van der Waals surface area contributed by atoms with Gasteiger partial charge in [0, 0.05) is 24.3 Å². The summed E-state index contributed by atoms with van der Waals surface area (Å²) in [6.07, 6.45) is 1.00. The Morgan fingerprint density at radius 1 is 1.33 bits per heavy atom. The van der Waals surface area contributed by atoms with Crippen molar-refractivity contribution in [2.24, 2.45) is 5.92 Å². The molecule has 0 radical (unpaired) electrons. The van der Waals surface area contributed by atoms with E-state index in [4.69, 9.17) is 0 Å². The van der Waals surface area contributed by atoms with Crippen LogP contribution in [0.5, 0.6) is 0 Å². The van der Waals surface area contributed by atoms with Crippen LogP contribution in [0.15, 0.2) is 41.7 Å². The number of ketones is 1. The van der Waals surface area contributed by atoms with Gasteiger partial charge in [0.2, 0.25) is 0 Å². The molecule has 0 aliphatic heterocycles. The number of aliphatic hydroxyl groups excluding tert-OH is 1. The van der Waals surface area contributed by atoms with E-state index in [9.17, 15) is 9.90 Å². The molecule has 1 atom stereocenters. The summed E-state index contributed by atoms with van der Waals surface area (Å²) in [5, 5.41) is 9.75. The number of allylic oxidation sites excluding steroid dienone is 2. The highest BCUT2D eigenvalue weighted by atomic mass is 16.3. The fourth-order valence-electron chi connectivity index (χ4n) is 1.93. The van der Waals surface area contributed by atoms with Gasteiger partial charge in [-0.1, -0.05) is 37.3 Å². The SMILES string of the molecule is CC1CC(=O)C(Cc2ccccc2)=C1O. The quantitative estimate of drug-likeness (QED) is 0.800. The predicted molar refractivity (Wildman–Crippen MR) is 58.6 cm³/mol. The number of rotatable bonds is 2. The third kappa shape index (κ3) is 1.94. The molecule has 1 N–H and O–H groups in total. The lowest BCUT2D eigenvalue weighted by molar-refractivity contribution is -0.115. The molecule has 1 unspecified atom stereocenters. The van der Waals surface area contributed by atoms with Crippen LogP contribution in [-0.2, 0) is 11.2 Å². The molecule has 0 saturated carbocycles. The van der Waals surface area contributed by atoms with Crippen LogP contribution in [0.3, 0.4) is 0 Å². The van der Waals surface area contributed by atoms with E-state index < -0.39 is 0 Å². The third-order valence-corrected chi connectivity index (χ3v) is 2.83. The smallest absolute Gasteiger partial charge is 0.163 e. The number of Topliss-reactive ketones (excluding diaryl/α,β-unsaturated/α-hetero) is 1. The zero-order valence-electron chi connectivity index (χ0n) is 8.73. The molecule has 0 spiro atoms. The molecular weight excluding hydrogens is 188 g/mol. The molecule has 0 heterocycles. The first kappa shape index (κ1) is 9.97. The minimum atomic E-state index is -0.00351. The number of carbonyl (C=O) groups is 1. The van der Waals surface area contributed by atoms with E-state index in [-0.39, 0.29) is 17.5 Å². The molecule has 2 nitrogen and oxygen atoms in total. The molecular formula is C13H14O2. The normalized spacial score (nSPS) is 21.1. The maximum Gasteiger partial charge on any atom is 0.163 e. The highest BCUT2D eigenvalue weighted by Crippen LogP contribution is 2.28. The van der Waals surface area contributed by atoms with Crippen molar-refractivity contribution in [3.05, 3.63) is 47.2 Å². The van der Waals surface area contributed by atoms with Gasteiger partial charge in [0.05, 0.1) is 0 Å². The van der Waals surface area contributed by atoms with Crippen LogP contribution in [0, 0.1) is 5.92 Å². The zero-order chi connectivity index (χ0) is 10.8. The molecule has 1 aliphatic carbocycles. The molecule has 0 saturated heterocycles. The Kier molecular flexibility index (Phi) is 2.58. The molecule has 15 heavy (non-hydrogen) atoms. The van der Waals surface area contributed by atoms with Crippen LogP contribution >= 0.6 is 0 Å². The molecule has 2 heteroatoms. The molecule has 0 aromatic heterocycles. The van der Waals surface area contributed by atoms with Gasteiger partial charge in [0.15, 0.2) is 5.78 Å². The zero-order valence-corrected chi connectivity index (χ0v) is 8.73. The summed E-state index contributed by atoms with van der Waals surface area (Å²) in [6, 6.07) is 9.76. The number of benzene rings is 1. The predicted octanol–water partition coefficient (Wildman–Crippen LogP) is 2.65. The summed E-state index contributed by atoms with van der Waals surface area (Å²) in [5.41, 5.74) is 1.66. The van der Waals surface area contributed by atoms with Gasteiger partial charge in [0.1, 0.15) is 5.76 Å². The molecule has 0 bridgehead atoms. The van der Waals surface area contributed by atoms with Crippen molar-refractivity contribution in [2.45, 2.75) is 19.8 Å². The van der Waals surface area contributed by atoms with Gasteiger partial charge in [0.25, 0.3) is 0 Å². The van der Waals surface area contributed by atoms with Crippen molar-refractivity contribution in [1.82, 2.24) is 0 Å². The summed E-state index contributed by atoms with van der Waals surface area (Å²) >= 11 is 0. The van der Waals surface area contributed by atoms with E-state index in [1.807, 2.05) is 37.3 Å². The number of hydrogen-bond acceptors (Lipinski definition) is 2. The molecule has 1 aromatic rings. The van der Waals surface area contributed by atoms with E-state index in [0.29, 0.717) is 18.4 Å². The van der Waals surface area contributed by atoms with Crippen molar-refractivity contribution in [3.63, 3.8) is 0 Å². The molecule has 1 aromatic carbocycles. The molecule has 0 amide bonds. The largest absolute Gasteiger partial charge is 0.512 e. The van der Waals surface area contributed by atoms with Gasteiger partial charge in [-0.25, -0.2) is 0 Å². The summed E-state index contributed by atoms with van der Waals surface area (Å²) < 4.78 is 0. The highest BCUT2D eigenvalue weighted by molar-refractivity contribution is 5.99. The maximum atomic E-state index is 11.6. The summed E-state index contributed by atoms with van der Waals surface area (Å²) in [7, 11) is 0. The molecule has 78 valence electrons. The molecule has 0 fully saturated rings. The van der Waals surface area contributed by atoms with E-state index in [1.165, 1.54) is 0 Å². The van der Waals surface area contributed by atoms with Gasteiger partial charge < -0.3 is 5.11 Å². The standard InChI is InChI=1S/C13H14O2/c1-9-7-12(14)11(13(9)15)8-10-5-3-2-4-6-10/h2-6,9,15H,7-8H2,1H3. The fourth-order valence-corrected chi connectivity index (χ4v) is 1.93. The lowest BCUT2D eigenvalue weighted by atomic mass is 10.0. The topological polar surface area (TPSA) is 37.3 Å². The fraction of sp³-hybridized carbons (Fsp3) is 0.308. The minimum Gasteiger partial charge on any atom is -0.512 e. The van der Waals surface area contributed by atoms with Gasteiger partial charge in [-0.15, -0.1) is 0 Å². The van der Waals surface area contributed by atoms with E-state index >= 15 is 0 Å². The summed E-state index contributed by atoms with van der Waals surface area (Å²) in [4.78, 5) is 11.6. The van der Waals surface area contributed by atoms with Gasteiger partial charge >= 0.3 is 0 Å². The lowest BCUT2D eigenvalue weighted by Gasteiger charge is -2.02. The van der Waals surface area contributed by atoms with E-state index in [2.05, 4.69) is 0 Å². The minimum absolute atomic E-state index is 0.00351. The second-order valence-electron chi connectivity index (χ2n) is 4.05. The Labute approximate surface area is 89.2 Å². The third-order valence-electron chi connectivity index (χ3n) is 2.83. The molecule has 1 aliphatic rings. The second kappa shape index (κ2) is 3.89. The Balaban J connectivity index is 2.23. The Morgan fingerprint density at radius 2 is 2.00 bits per heavy atom. The van der Waals surface area contributed by atoms with Crippen LogP contribution in [0.4, 0.5) is 0 Å². The van der Waals surface area contributed by atoms with Gasteiger partial charge in [-0.3, -0.25) is 4.79 Å². The summed E-state index contributed by atoms with van der Waals surface area (Å²) in [5.74, 6) is 0.365. The van der Waals surface area contributed by atoms with Crippen molar-refractivity contribution >= 4 is 5.78 Å². The van der Waals surface area contributed by atoms with Crippen LogP contribution in [0.1, 0.15) is 18.9 Å². The van der Waals surface area contributed by atoms with Crippen molar-refractivity contribution in [1.29, 1.82) is 0 Å². The average molecular weight is 202 g/mol. The van der Waals surface area contributed by atoms with E-state index in [0.717, 1.165) is 5.56 Å². The van der Waals surface area contributed by atoms with Crippen molar-refractivity contribution < 1.29 is 9.90 Å². The van der Waals surface area contributed by atoms with Crippen LogP contribution in [0.25, 0.3) is 0 Å². The second-order valence-corrected chi connectivity index (χ2v) is 4.05. The highest BCUT2D eigenvalue weighted by Gasteiger charge is 2.28. The Morgan fingerprint density at radius 3 is 2.53 bits per heavy atom. The van der Waals surface area contributed by atoms with E-state index in [1.54, 1.807) is 0 Å². The van der Waals surface area contributed by atoms with Crippen molar-refractivity contribution in [3.8, 4) is 0 Å². The first-order chi connectivity index (χ1) is 7.18. The van der Waals surface area contributed by atoms with Crippen LogP contribution in [0.2, 0.25) is 0 Å².